The Labute approximate surface area is 90.0 Å². The van der Waals surface area contributed by atoms with E-state index in [2.05, 4.69) is 4.72 Å². The minimum absolute atomic E-state index is 0.410. The van der Waals surface area contributed by atoms with Crippen LogP contribution in [0.3, 0.4) is 0 Å². The van der Waals surface area contributed by atoms with Gasteiger partial charge < -0.3 is 5.11 Å². The molecule has 0 amide bonds. The third-order valence-corrected chi connectivity index (χ3v) is 2.47. The van der Waals surface area contributed by atoms with E-state index < -0.39 is 15.6 Å². The zero-order valence-electron chi connectivity index (χ0n) is 8.98. The molecule has 0 bridgehead atoms. The normalized spacial score (nSPS) is 12.5. The molecular weight excluding hydrogens is 214 g/mol. The van der Waals surface area contributed by atoms with Crippen molar-refractivity contribution in [3.8, 4) is 0 Å². The fourth-order valence-electron chi connectivity index (χ4n) is 1.31. The van der Waals surface area contributed by atoms with Crippen LogP contribution in [-0.4, -0.2) is 19.8 Å². The third-order valence-electron chi connectivity index (χ3n) is 1.88. The van der Waals surface area contributed by atoms with Crippen LogP contribution in [0.4, 0.5) is 5.69 Å². The van der Waals surface area contributed by atoms with Crippen LogP contribution in [0.1, 0.15) is 19.4 Å². The highest BCUT2D eigenvalue weighted by molar-refractivity contribution is 7.92. The van der Waals surface area contributed by atoms with Crippen LogP contribution in [-0.2, 0) is 15.6 Å². The molecule has 0 atom stereocenters. The van der Waals surface area contributed by atoms with Gasteiger partial charge in [0.25, 0.3) is 0 Å². The monoisotopic (exact) mass is 229 g/mol. The Balaban J connectivity index is 3.19. The Morgan fingerprint density at radius 2 is 1.80 bits per heavy atom. The van der Waals surface area contributed by atoms with Crippen LogP contribution >= 0.6 is 0 Å². The molecular formula is C10H15NO3S. The summed E-state index contributed by atoms with van der Waals surface area (Å²) in [5, 5.41) is 9.83. The van der Waals surface area contributed by atoms with E-state index in [1.165, 1.54) is 0 Å². The van der Waals surface area contributed by atoms with E-state index in [1.54, 1.807) is 38.1 Å². The lowest BCUT2D eigenvalue weighted by Crippen LogP contribution is -2.20. The lowest BCUT2D eigenvalue weighted by atomic mass is 9.97. The molecule has 2 N–H and O–H groups in total. The predicted molar refractivity (Wildman–Crippen MR) is 60.2 cm³/mol. The van der Waals surface area contributed by atoms with Crippen molar-refractivity contribution in [2.75, 3.05) is 11.0 Å². The molecule has 0 spiro atoms. The molecule has 0 aliphatic heterocycles. The number of hydrogen-bond donors (Lipinski definition) is 2. The maximum atomic E-state index is 11.1. The Hall–Kier alpha value is -1.07. The van der Waals surface area contributed by atoms with Crippen molar-refractivity contribution in [3.63, 3.8) is 0 Å². The van der Waals surface area contributed by atoms with Gasteiger partial charge in [0.1, 0.15) is 0 Å². The number of rotatable bonds is 3. The molecule has 0 aliphatic rings. The summed E-state index contributed by atoms with van der Waals surface area (Å²) in [6, 6.07) is 6.77. The number of hydrogen-bond acceptors (Lipinski definition) is 3. The maximum absolute atomic E-state index is 11.1. The van der Waals surface area contributed by atoms with Gasteiger partial charge in [-0.15, -0.1) is 0 Å². The van der Waals surface area contributed by atoms with E-state index in [-0.39, 0.29) is 0 Å². The van der Waals surface area contributed by atoms with E-state index in [9.17, 15) is 13.5 Å². The molecule has 4 nitrogen and oxygen atoms in total. The van der Waals surface area contributed by atoms with E-state index in [0.717, 1.165) is 6.26 Å². The quantitative estimate of drug-likeness (QED) is 0.820. The number of benzene rings is 1. The lowest BCUT2D eigenvalue weighted by Gasteiger charge is -2.21. The van der Waals surface area contributed by atoms with Gasteiger partial charge in [-0.3, -0.25) is 4.72 Å². The van der Waals surface area contributed by atoms with Gasteiger partial charge in [-0.1, -0.05) is 18.2 Å². The average Bonchev–Trinajstić information content (AvgIpc) is 1.99. The zero-order valence-corrected chi connectivity index (χ0v) is 9.80. The van der Waals surface area contributed by atoms with Gasteiger partial charge in [-0.25, -0.2) is 8.42 Å². The first-order valence-corrected chi connectivity index (χ1v) is 6.39. The molecule has 1 aromatic rings. The molecule has 0 unspecified atom stereocenters. The number of sulfonamides is 1. The standard InChI is InChI=1S/C10H15NO3S/c1-10(2,12)8-6-4-5-7-9(8)11-15(3,13)14/h4-7,11-12H,1-3H3. The predicted octanol–water partition coefficient (Wildman–Crippen LogP) is 1.29. The van der Waals surface area contributed by atoms with Crippen LogP contribution in [0, 0.1) is 0 Å². The summed E-state index contributed by atoms with van der Waals surface area (Å²) in [6.45, 7) is 3.21. The second-order valence-corrected chi connectivity index (χ2v) is 5.73. The smallest absolute Gasteiger partial charge is 0.229 e. The summed E-state index contributed by atoms with van der Waals surface area (Å²) in [6.07, 6.45) is 1.08. The second-order valence-electron chi connectivity index (χ2n) is 3.98. The molecule has 0 fully saturated rings. The Morgan fingerprint density at radius 3 is 2.27 bits per heavy atom. The van der Waals surface area contributed by atoms with Crippen molar-refractivity contribution in [1.82, 2.24) is 0 Å². The molecule has 5 heteroatoms. The number of anilines is 1. The van der Waals surface area contributed by atoms with Crippen molar-refractivity contribution in [2.24, 2.45) is 0 Å². The first kappa shape index (κ1) is 12.0. The van der Waals surface area contributed by atoms with Gasteiger partial charge in [0.15, 0.2) is 0 Å². The van der Waals surface area contributed by atoms with Crippen molar-refractivity contribution < 1.29 is 13.5 Å². The summed E-state index contributed by atoms with van der Waals surface area (Å²) >= 11 is 0. The van der Waals surface area contributed by atoms with Gasteiger partial charge in [-0.05, 0) is 19.9 Å². The molecule has 0 saturated heterocycles. The second kappa shape index (κ2) is 3.83. The summed E-state index contributed by atoms with van der Waals surface area (Å²) < 4.78 is 24.5. The topological polar surface area (TPSA) is 66.4 Å². The SMILES string of the molecule is CC(C)(O)c1ccccc1NS(C)(=O)=O. The Kier molecular flexibility index (Phi) is 3.06. The van der Waals surface area contributed by atoms with Crippen molar-refractivity contribution in [3.05, 3.63) is 29.8 Å². The largest absolute Gasteiger partial charge is 0.386 e. The average molecular weight is 229 g/mol. The van der Waals surface area contributed by atoms with Gasteiger partial charge in [0, 0.05) is 5.56 Å². The van der Waals surface area contributed by atoms with E-state index in [4.69, 9.17) is 0 Å². The first-order chi connectivity index (χ1) is 6.70. The lowest BCUT2D eigenvalue weighted by molar-refractivity contribution is 0.0794. The minimum atomic E-state index is -3.32. The van der Waals surface area contributed by atoms with Crippen molar-refractivity contribution >= 4 is 15.7 Å². The fraction of sp³-hybridized carbons (Fsp3) is 0.400. The number of aliphatic hydroxyl groups is 1. The molecule has 15 heavy (non-hydrogen) atoms. The molecule has 0 saturated carbocycles. The highest BCUT2D eigenvalue weighted by Gasteiger charge is 2.20. The van der Waals surface area contributed by atoms with E-state index >= 15 is 0 Å². The van der Waals surface area contributed by atoms with Gasteiger partial charge in [0.2, 0.25) is 10.0 Å². The highest BCUT2D eigenvalue weighted by Crippen LogP contribution is 2.27. The van der Waals surface area contributed by atoms with Crippen LogP contribution in [0.25, 0.3) is 0 Å². The van der Waals surface area contributed by atoms with Crippen molar-refractivity contribution in [1.29, 1.82) is 0 Å². The third kappa shape index (κ3) is 3.53. The molecule has 1 aromatic carbocycles. The molecule has 84 valence electrons. The van der Waals surface area contributed by atoms with Gasteiger partial charge >= 0.3 is 0 Å². The van der Waals surface area contributed by atoms with E-state index in [1.807, 2.05) is 0 Å². The summed E-state index contributed by atoms with van der Waals surface area (Å²) in [4.78, 5) is 0. The molecule has 0 aromatic heterocycles. The van der Waals surface area contributed by atoms with Crippen LogP contribution in [0.15, 0.2) is 24.3 Å². The van der Waals surface area contributed by atoms with Crippen LogP contribution in [0.2, 0.25) is 0 Å². The molecule has 1 rings (SSSR count). The van der Waals surface area contributed by atoms with Crippen LogP contribution < -0.4 is 4.72 Å². The summed E-state index contributed by atoms with van der Waals surface area (Å²) in [5.74, 6) is 0. The summed E-state index contributed by atoms with van der Waals surface area (Å²) in [7, 11) is -3.32. The Bertz CT molecular complexity index is 446. The Morgan fingerprint density at radius 1 is 1.27 bits per heavy atom. The molecule has 0 heterocycles. The number of nitrogens with one attached hydrogen (secondary N) is 1. The number of para-hydroxylation sites is 1. The minimum Gasteiger partial charge on any atom is -0.386 e. The van der Waals surface area contributed by atoms with Crippen LogP contribution in [0.5, 0.6) is 0 Å². The van der Waals surface area contributed by atoms with Gasteiger partial charge in [0.05, 0.1) is 17.5 Å². The maximum Gasteiger partial charge on any atom is 0.229 e. The van der Waals surface area contributed by atoms with Gasteiger partial charge in [-0.2, -0.15) is 0 Å². The fourth-order valence-corrected chi connectivity index (χ4v) is 1.88. The van der Waals surface area contributed by atoms with E-state index in [0.29, 0.717) is 11.3 Å². The highest BCUT2D eigenvalue weighted by atomic mass is 32.2. The molecule has 0 radical (unpaired) electrons. The first-order valence-electron chi connectivity index (χ1n) is 4.50. The zero-order chi connectivity index (χ0) is 11.7. The van der Waals surface area contributed by atoms with Crippen molar-refractivity contribution in [2.45, 2.75) is 19.4 Å². The summed E-state index contributed by atoms with van der Waals surface area (Å²) in [5.41, 5.74) is -0.114. The molecule has 0 aliphatic carbocycles.